The molecular weight excluding hydrogens is 366 g/mol. The van der Waals surface area contributed by atoms with Gasteiger partial charge in [-0.3, -0.25) is 19.7 Å². The van der Waals surface area contributed by atoms with E-state index < -0.39 is 29.9 Å². The highest BCUT2D eigenvalue weighted by molar-refractivity contribution is 5.97. The molecule has 0 aliphatic carbocycles. The Kier molecular flexibility index (Phi) is 7.77. The van der Waals surface area contributed by atoms with E-state index in [2.05, 4.69) is 16.0 Å². The minimum Gasteiger partial charge on any atom is -0.459 e. The minimum atomic E-state index is -1.29. The van der Waals surface area contributed by atoms with Gasteiger partial charge < -0.3 is 19.8 Å². The molecule has 1 atom stereocenters. The predicted molar refractivity (Wildman–Crippen MR) is 98.1 cm³/mol. The zero-order chi connectivity index (χ0) is 20.4. The molecular formula is C19H21N3O6. The number of esters is 1. The molecule has 0 aliphatic heterocycles. The summed E-state index contributed by atoms with van der Waals surface area (Å²) in [7, 11) is 0. The second kappa shape index (κ2) is 10.5. The number of nitrogens with one attached hydrogen (secondary N) is 3. The second-order valence-corrected chi connectivity index (χ2v) is 5.61. The van der Waals surface area contributed by atoms with Gasteiger partial charge in [0, 0.05) is 18.7 Å². The number of furan rings is 1. The van der Waals surface area contributed by atoms with Crippen molar-refractivity contribution in [3.05, 3.63) is 60.1 Å². The first-order chi connectivity index (χ1) is 13.5. The number of imide groups is 1. The fourth-order valence-corrected chi connectivity index (χ4v) is 2.25. The van der Waals surface area contributed by atoms with Crippen LogP contribution in [0.25, 0.3) is 0 Å². The number of carbonyl (C=O) groups excluding carboxylic acids is 4. The van der Waals surface area contributed by atoms with Gasteiger partial charge in [0.25, 0.3) is 11.8 Å². The van der Waals surface area contributed by atoms with Crippen molar-refractivity contribution in [3.8, 4) is 0 Å². The van der Waals surface area contributed by atoms with Gasteiger partial charge in [-0.2, -0.15) is 0 Å². The van der Waals surface area contributed by atoms with E-state index in [9.17, 15) is 19.2 Å². The van der Waals surface area contributed by atoms with Crippen molar-refractivity contribution in [2.75, 3.05) is 13.1 Å². The molecule has 0 spiro atoms. The van der Waals surface area contributed by atoms with Gasteiger partial charge >= 0.3 is 12.0 Å². The lowest BCUT2D eigenvalue weighted by atomic mass is 10.1. The van der Waals surface area contributed by atoms with Crippen molar-refractivity contribution in [1.29, 1.82) is 0 Å². The number of ether oxygens (including phenoxy) is 1. The number of benzene rings is 1. The maximum Gasteiger partial charge on any atom is 0.321 e. The monoisotopic (exact) mass is 387 g/mol. The van der Waals surface area contributed by atoms with E-state index in [0.29, 0.717) is 12.1 Å². The Bertz CT molecular complexity index is 804. The summed E-state index contributed by atoms with van der Waals surface area (Å²) in [6.07, 6.45) is -0.0948. The van der Waals surface area contributed by atoms with E-state index in [1.54, 1.807) is 43.3 Å². The van der Waals surface area contributed by atoms with Crippen molar-refractivity contribution in [1.82, 2.24) is 16.0 Å². The number of amides is 4. The van der Waals surface area contributed by atoms with Crippen molar-refractivity contribution >= 4 is 23.8 Å². The first-order valence-corrected chi connectivity index (χ1v) is 8.66. The summed E-state index contributed by atoms with van der Waals surface area (Å²) in [5.74, 6) is -1.83. The number of rotatable bonds is 8. The van der Waals surface area contributed by atoms with Crippen LogP contribution < -0.4 is 16.0 Å². The van der Waals surface area contributed by atoms with Crippen LogP contribution in [-0.2, 0) is 14.3 Å². The lowest BCUT2D eigenvalue weighted by Crippen LogP contribution is -2.42. The molecule has 1 aromatic heterocycles. The van der Waals surface area contributed by atoms with Crippen LogP contribution in [0, 0.1) is 0 Å². The lowest BCUT2D eigenvalue weighted by molar-refractivity contribution is -0.156. The van der Waals surface area contributed by atoms with Crippen LogP contribution in [0.1, 0.15) is 35.6 Å². The Morgan fingerprint density at radius 2 is 1.79 bits per heavy atom. The molecule has 1 heterocycles. The maximum absolute atomic E-state index is 12.4. The Balaban J connectivity index is 1.93. The van der Waals surface area contributed by atoms with Crippen LogP contribution in [0.2, 0.25) is 0 Å². The fourth-order valence-electron chi connectivity index (χ4n) is 2.25. The van der Waals surface area contributed by atoms with E-state index in [1.165, 1.54) is 12.3 Å². The molecule has 4 amide bonds. The summed E-state index contributed by atoms with van der Waals surface area (Å²) >= 11 is 0. The highest BCUT2D eigenvalue weighted by Crippen LogP contribution is 2.18. The van der Waals surface area contributed by atoms with Gasteiger partial charge in [-0.25, -0.2) is 4.79 Å². The average Bonchev–Trinajstić information content (AvgIpc) is 3.21. The van der Waals surface area contributed by atoms with E-state index in [4.69, 9.17) is 9.15 Å². The van der Waals surface area contributed by atoms with Gasteiger partial charge in [0.05, 0.1) is 12.7 Å². The van der Waals surface area contributed by atoms with Crippen molar-refractivity contribution in [2.24, 2.45) is 0 Å². The van der Waals surface area contributed by atoms with E-state index >= 15 is 0 Å². The first kappa shape index (κ1) is 20.7. The Labute approximate surface area is 161 Å². The third-order valence-electron chi connectivity index (χ3n) is 3.52. The highest BCUT2D eigenvalue weighted by Gasteiger charge is 2.26. The highest BCUT2D eigenvalue weighted by atomic mass is 16.5. The standard InChI is InChI=1S/C19H21N3O6/c1-2-20-19(26)22-18(25)16(13-7-4-3-5-8-13)28-15(23)10-11-21-17(24)14-9-6-12-27-14/h3-9,12,16H,2,10-11H2,1H3,(H,21,24)(H2,20,22,25,26)/t16-/m1/s1. The summed E-state index contributed by atoms with van der Waals surface area (Å²) in [5, 5.41) is 7.07. The number of hydrogen-bond donors (Lipinski definition) is 3. The molecule has 9 nitrogen and oxygen atoms in total. The molecule has 2 aromatic rings. The van der Waals surface area contributed by atoms with Gasteiger partial charge in [0.15, 0.2) is 5.76 Å². The normalized spacial score (nSPS) is 11.2. The topological polar surface area (TPSA) is 127 Å². The molecule has 0 bridgehead atoms. The molecule has 148 valence electrons. The largest absolute Gasteiger partial charge is 0.459 e. The fraction of sp³-hybridized carbons (Fsp3) is 0.263. The van der Waals surface area contributed by atoms with Gasteiger partial charge in [-0.05, 0) is 19.1 Å². The quantitative estimate of drug-likeness (QED) is 0.590. The number of carbonyl (C=O) groups is 4. The average molecular weight is 387 g/mol. The van der Waals surface area contributed by atoms with Gasteiger partial charge in [0.1, 0.15) is 0 Å². The van der Waals surface area contributed by atoms with Crippen LogP contribution >= 0.6 is 0 Å². The van der Waals surface area contributed by atoms with Gasteiger partial charge in [0.2, 0.25) is 6.10 Å². The zero-order valence-electron chi connectivity index (χ0n) is 15.3. The summed E-state index contributed by atoms with van der Waals surface area (Å²) in [6, 6.07) is 10.7. The van der Waals surface area contributed by atoms with Crippen molar-refractivity contribution in [3.63, 3.8) is 0 Å². The SMILES string of the molecule is CCNC(=O)NC(=O)[C@H](OC(=O)CCNC(=O)c1ccco1)c1ccccc1. The molecule has 9 heteroatoms. The molecule has 0 fully saturated rings. The van der Waals surface area contributed by atoms with Crippen LogP contribution in [0.5, 0.6) is 0 Å². The van der Waals surface area contributed by atoms with E-state index in [0.717, 1.165) is 0 Å². The van der Waals surface area contributed by atoms with Crippen LogP contribution in [0.3, 0.4) is 0 Å². The molecule has 0 saturated carbocycles. The molecule has 1 aromatic carbocycles. The summed E-state index contributed by atoms with van der Waals surface area (Å²) < 4.78 is 10.2. The molecule has 28 heavy (non-hydrogen) atoms. The molecule has 0 saturated heterocycles. The van der Waals surface area contributed by atoms with Gasteiger partial charge in [-0.1, -0.05) is 30.3 Å². The zero-order valence-corrected chi connectivity index (χ0v) is 15.3. The number of hydrogen-bond acceptors (Lipinski definition) is 6. The third kappa shape index (κ3) is 6.27. The smallest absolute Gasteiger partial charge is 0.321 e. The lowest BCUT2D eigenvalue weighted by Gasteiger charge is -2.17. The summed E-state index contributed by atoms with van der Waals surface area (Å²) in [4.78, 5) is 47.9. The maximum atomic E-state index is 12.4. The third-order valence-corrected chi connectivity index (χ3v) is 3.52. The number of urea groups is 1. The summed E-state index contributed by atoms with van der Waals surface area (Å²) in [5.41, 5.74) is 0.414. The minimum absolute atomic E-state index is 0.00217. The van der Waals surface area contributed by atoms with Crippen molar-refractivity contribution in [2.45, 2.75) is 19.4 Å². The van der Waals surface area contributed by atoms with E-state index in [1.807, 2.05) is 0 Å². The predicted octanol–water partition coefficient (Wildman–Crippen LogP) is 1.53. The Morgan fingerprint density at radius 3 is 2.43 bits per heavy atom. The molecule has 0 aliphatic rings. The first-order valence-electron chi connectivity index (χ1n) is 8.66. The van der Waals surface area contributed by atoms with Gasteiger partial charge in [-0.15, -0.1) is 0 Å². The second-order valence-electron chi connectivity index (χ2n) is 5.61. The molecule has 0 radical (unpaired) electrons. The van der Waals surface area contributed by atoms with Crippen LogP contribution in [0.15, 0.2) is 53.1 Å². The molecule has 2 rings (SSSR count). The van der Waals surface area contributed by atoms with Crippen molar-refractivity contribution < 1.29 is 28.3 Å². The van der Waals surface area contributed by atoms with Crippen LogP contribution in [-0.4, -0.2) is 36.9 Å². The van der Waals surface area contributed by atoms with Crippen LogP contribution in [0.4, 0.5) is 4.79 Å². The molecule has 3 N–H and O–H groups in total. The summed E-state index contributed by atoms with van der Waals surface area (Å²) in [6.45, 7) is 2.04. The van der Waals surface area contributed by atoms with E-state index in [-0.39, 0.29) is 18.7 Å². The molecule has 0 unspecified atom stereocenters. The Hall–Kier alpha value is -3.62. The Morgan fingerprint density at radius 1 is 1.04 bits per heavy atom.